The van der Waals surface area contributed by atoms with E-state index in [9.17, 15) is 14.7 Å². The van der Waals surface area contributed by atoms with E-state index in [2.05, 4.69) is 39.0 Å². The van der Waals surface area contributed by atoms with Crippen LogP contribution in [0.25, 0.3) is 5.76 Å². The van der Waals surface area contributed by atoms with E-state index in [1.165, 1.54) is 11.1 Å². The first-order chi connectivity index (χ1) is 19.7. The highest BCUT2D eigenvalue weighted by Gasteiger charge is 2.59. The Hall–Kier alpha value is -3.66. The van der Waals surface area contributed by atoms with Gasteiger partial charge in [0, 0.05) is 17.1 Å². The molecule has 3 atom stereocenters. The van der Waals surface area contributed by atoms with Crippen molar-refractivity contribution in [1.82, 2.24) is 0 Å². The second-order valence-corrected chi connectivity index (χ2v) is 12.9. The van der Waals surface area contributed by atoms with Gasteiger partial charge >= 0.3 is 0 Å². The molecule has 1 unspecified atom stereocenters. The van der Waals surface area contributed by atoms with Crippen molar-refractivity contribution in [2.75, 3.05) is 0 Å². The molecule has 4 heteroatoms. The summed E-state index contributed by atoms with van der Waals surface area (Å²) < 4.78 is 6.99. The topological polar surface area (TPSA) is 63.6 Å². The molecule has 224 valence electrons. The lowest BCUT2D eigenvalue weighted by molar-refractivity contribution is -0.141. The lowest BCUT2D eigenvalue weighted by Crippen LogP contribution is -2.54. The fourth-order valence-corrected chi connectivity index (χ4v) is 5.65. The van der Waals surface area contributed by atoms with Crippen molar-refractivity contribution in [3.63, 3.8) is 0 Å². The molecule has 1 N–H and O–H groups in total. The molecule has 2 aliphatic rings. The van der Waals surface area contributed by atoms with Gasteiger partial charge in [-0.2, -0.15) is 0 Å². The number of aliphatic hydroxyl groups is 1. The van der Waals surface area contributed by atoms with Crippen LogP contribution in [0, 0.1) is 11.3 Å². The Bertz CT molecular complexity index is 1410. The summed E-state index contributed by atoms with van der Waals surface area (Å²) in [5.74, 6) is -0.686. The Labute approximate surface area is 253 Å². The third-order valence-corrected chi connectivity index (χ3v) is 8.12. The lowest BCUT2D eigenvalue weighted by atomic mass is 9.59. The minimum absolute atomic E-state index is 0.0505. The van der Waals surface area contributed by atoms with Gasteiger partial charge in [-0.05, 0) is 94.1 Å². The first-order valence-electron chi connectivity index (χ1n) is 15.0. The van der Waals surface area contributed by atoms with E-state index in [-0.39, 0.29) is 23.0 Å². The predicted octanol–water partition coefficient (Wildman–Crippen LogP) is 9.73. The van der Waals surface area contributed by atoms with E-state index in [4.69, 9.17) is 4.74 Å². The van der Waals surface area contributed by atoms with Crippen LogP contribution in [-0.2, 0) is 14.3 Å². The van der Waals surface area contributed by atoms with Crippen molar-refractivity contribution >= 4 is 17.3 Å². The molecule has 0 bridgehead atoms. The van der Waals surface area contributed by atoms with Crippen LogP contribution in [0.15, 0.2) is 106 Å². The van der Waals surface area contributed by atoms with Crippen molar-refractivity contribution < 1.29 is 19.4 Å². The number of hydrogen-bond acceptors (Lipinski definition) is 4. The SMILES string of the molecule is CC(C)=C/C=C/[C@]1(C)OC2=C(CC=C(C)C)C(=O)/C(=C(/O)c3ccccc3)C(=O)C2(CC=C(C)C)C[C@H]1CC=C(C)C. The third-order valence-electron chi connectivity index (χ3n) is 8.12. The Morgan fingerprint density at radius 2 is 1.52 bits per heavy atom. The molecule has 3 rings (SSSR count). The van der Waals surface area contributed by atoms with E-state index < -0.39 is 16.8 Å². The van der Waals surface area contributed by atoms with Gasteiger partial charge in [-0.1, -0.05) is 83.0 Å². The van der Waals surface area contributed by atoms with Gasteiger partial charge in [0.15, 0.2) is 11.6 Å². The number of benzene rings is 1. The predicted molar refractivity (Wildman–Crippen MR) is 174 cm³/mol. The summed E-state index contributed by atoms with van der Waals surface area (Å²) in [6.45, 7) is 18.3. The van der Waals surface area contributed by atoms with Gasteiger partial charge in [-0.25, -0.2) is 0 Å². The van der Waals surface area contributed by atoms with Gasteiger partial charge < -0.3 is 9.84 Å². The van der Waals surface area contributed by atoms with Crippen LogP contribution in [0.1, 0.15) is 93.6 Å². The molecule has 42 heavy (non-hydrogen) atoms. The number of allylic oxidation sites excluding steroid dienone is 12. The second kappa shape index (κ2) is 13.5. The highest BCUT2D eigenvalue weighted by Crippen LogP contribution is 2.56. The van der Waals surface area contributed by atoms with E-state index >= 15 is 0 Å². The highest BCUT2D eigenvalue weighted by molar-refractivity contribution is 6.34. The molecule has 0 spiro atoms. The van der Waals surface area contributed by atoms with Crippen LogP contribution in [0.2, 0.25) is 0 Å². The number of Topliss-reactive ketones (excluding diaryl/α,β-unsaturated/α-hetero) is 2. The van der Waals surface area contributed by atoms with E-state index in [0.717, 1.165) is 17.6 Å². The molecule has 1 aliphatic carbocycles. The molecule has 0 amide bonds. The maximum Gasteiger partial charge on any atom is 0.200 e. The van der Waals surface area contributed by atoms with E-state index in [0.29, 0.717) is 36.2 Å². The Morgan fingerprint density at radius 1 is 0.905 bits per heavy atom. The normalized spacial score (nSPS) is 24.9. The van der Waals surface area contributed by atoms with Gasteiger partial charge in [0.25, 0.3) is 0 Å². The fourth-order valence-electron chi connectivity index (χ4n) is 5.65. The van der Waals surface area contributed by atoms with Crippen LogP contribution in [-0.4, -0.2) is 22.3 Å². The van der Waals surface area contributed by atoms with Crippen molar-refractivity contribution in [3.05, 3.63) is 112 Å². The monoisotopic (exact) mass is 568 g/mol. The molecule has 0 aromatic heterocycles. The molecule has 1 aromatic rings. The van der Waals surface area contributed by atoms with E-state index in [1.807, 2.05) is 65.8 Å². The van der Waals surface area contributed by atoms with Crippen LogP contribution in [0.5, 0.6) is 0 Å². The molecule has 1 aromatic carbocycles. The number of rotatable bonds is 9. The molecule has 0 radical (unpaired) electrons. The number of ether oxygens (including phenoxy) is 1. The van der Waals surface area contributed by atoms with Crippen LogP contribution in [0.4, 0.5) is 0 Å². The second-order valence-electron chi connectivity index (χ2n) is 12.9. The number of carbonyl (C=O) groups excluding carboxylic acids is 2. The number of hydrogen-bond donors (Lipinski definition) is 1. The van der Waals surface area contributed by atoms with Crippen molar-refractivity contribution in [2.24, 2.45) is 11.3 Å². The maximum atomic E-state index is 14.8. The van der Waals surface area contributed by atoms with Crippen LogP contribution in [0.3, 0.4) is 0 Å². The standard InChI is InChI=1S/C38H48O4/c1-25(2)14-13-22-37(9)30(19-17-26(3)4)24-38(23-21-28(7)8)35(41)32(33(39)29-15-11-10-12-16-29)34(40)31(36(38)42-37)20-18-27(5)6/h10-18,21-22,30,39H,19-20,23-24H2,1-9H3/b22-13+,33-32-/t30-,37+,38?/m1/s1. The first-order valence-corrected chi connectivity index (χ1v) is 15.0. The number of fused-ring (bicyclic) bond motifs is 1. The zero-order valence-corrected chi connectivity index (χ0v) is 26.9. The Morgan fingerprint density at radius 3 is 2.10 bits per heavy atom. The van der Waals surface area contributed by atoms with Crippen molar-refractivity contribution in [2.45, 2.75) is 93.6 Å². The minimum atomic E-state index is -1.11. The van der Waals surface area contributed by atoms with Crippen molar-refractivity contribution in [1.29, 1.82) is 0 Å². The van der Waals surface area contributed by atoms with E-state index in [1.54, 1.807) is 24.3 Å². The maximum absolute atomic E-state index is 14.8. The highest BCUT2D eigenvalue weighted by atomic mass is 16.5. The van der Waals surface area contributed by atoms with Gasteiger partial charge in [0.2, 0.25) is 0 Å². The molecular weight excluding hydrogens is 520 g/mol. The fraction of sp³-hybridized carbons (Fsp3) is 0.421. The van der Waals surface area contributed by atoms with Gasteiger partial charge in [-0.3, -0.25) is 9.59 Å². The summed E-state index contributed by atoms with van der Waals surface area (Å²) in [6.07, 6.45) is 14.3. The zero-order valence-electron chi connectivity index (χ0n) is 26.9. The lowest BCUT2D eigenvalue weighted by Gasteiger charge is -2.52. The number of ketones is 2. The summed E-state index contributed by atoms with van der Waals surface area (Å²) in [4.78, 5) is 29.0. The average Bonchev–Trinajstić information content (AvgIpc) is 2.91. The quantitative estimate of drug-likeness (QED) is 0.106. The molecule has 1 aliphatic heterocycles. The molecule has 1 heterocycles. The smallest absolute Gasteiger partial charge is 0.200 e. The summed E-state index contributed by atoms with van der Waals surface area (Å²) in [7, 11) is 0. The van der Waals surface area contributed by atoms with Gasteiger partial charge in [0.05, 0.1) is 5.41 Å². The summed E-state index contributed by atoms with van der Waals surface area (Å²) in [5, 5.41) is 11.5. The number of carbonyl (C=O) groups is 2. The first kappa shape index (κ1) is 32.8. The Kier molecular flexibility index (Phi) is 10.6. The largest absolute Gasteiger partial charge is 0.506 e. The van der Waals surface area contributed by atoms with Gasteiger partial charge in [-0.15, -0.1) is 0 Å². The molecule has 1 saturated heterocycles. The van der Waals surface area contributed by atoms with Crippen LogP contribution >= 0.6 is 0 Å². The zero-order chi connectivity index (χ0) is 31.2. The van der Waals surface area contributed by atoms with Crippen LogP contribution < -0.4 is 0 Å². The van der Waals surface area contributed by atoms with Crippen molar-refractivity contribution in [3.8, 4) is 0 Å². The molecule has 1 fully saturated rings. The summed E-state index contributed by atoms with van der Waals surface area (Å²) in [5.41, 5.74) is 3.39. The summed E-state index contributed by atoms with van der Waals surface area (Å²) >= 11 is 0. The van der Waals surface area contributed by atoms with Gasteiger partial charge in [0.1, 0.15) is 22.7 Å². The third kappa shape index (κ3) is 7.21. The minimum Gasteiger partial charge on any atom is -0.506 e. The molecule has 0 saturated carbocycles. The average molecular weight is 569 g/mol. The number of aliphatic hydroxyl groups excluding tert-OH is 1. The summed E-state index contributed by atoms with van der Waals surface area (Å²) in [6, 6.07) is 8.86. The Balaban J connectivity index is 2.41. The molecule has 4 nitrogen and oxygen atoms in total. The molecular formula is C38H48O4.